The zero-order chi connectivity index (χ0) is 12.0. The number of nitrogens with one attached hydrogen (secondary N) is 1. The van der Waals surface area contributed by atoms with Crippen LogP contribution in [0.5, 0.6) is 0 Å². The summed E-state index contributed by atoms with van der Waals surface area (Å²) in [6.07, 6.45) is 0.962. The predicted octanol–water partition coefficient (Wildman–Crippen LogP) is 1.36. The van der Waals surface area contributed by atoms with Gasteiger partial charge in [0.05, 0.1) is 12.3 Å². The van der Waals surface area contributed by atoms with Crippen LogP contribution in [0, 0.1) is 0 Å². The highest BCUT2D eigenvalue weighted by Gasteiger charge is 2.10. The van der Waals surface area contributed by atoms with Crippen LogP contribution >= 0.6 is 11.3 Å². The Morgan fingerprint density at radius 3 is 3.00 bits per heavy atom. The second-order valence-electron chi connectivity index (χ2n) is 3.39. The van der Waals surface area contributed by atoms with E-state index in [1.54, 1.807) is 12.5 Å². The van der Waals surface area contributed by atoms with Crippen molar-refractivity contribution in [3.8, 4) is 0 Å². The number of hydrogen-bond donors (Lipinski definition) is 2. The third kappa shape index (κ3) is 3.88. The van der Waals surface area contributed by atoms with Gasteiger partial charge in [-0.3, -0.25) is 0 Å². The van der Waals surface area contributed by atoms with Crippen molar-refractivity contribution in [2.75, 3.05) is 13.7 Å². The van der Waals surface area contributed by atoms with Gasteiger partial charge in [0.2, 0.25) is 5.01 Å². The molecule has 0 saturated heterocycles. The molecule has 0 bridgehead atoms. The Morgan fingerprint density at radius 2 is 2.50 bits per heavy atom. The van der Waals surface area contributed by atoms with Crippen molar-refractivity contribution in [1.29, 1.82) is 0 Å². The van der Waals surface area contributed by atoms with Crippen LogP contribution in [0.3, 0.4) is 0 Å². The van der Waals surface area contributed by atoms with Crippen molar-refractivity contribution < 1.29 is 14.6 Å². The second-order valence-corrected chi connectivity index (χ2v) is 4.25. The number of aromatic nitrogens is 1. The normalized spacial score (nSPS) is 12.6. The van der Waals surface area contributed by atoms with Gasteiger partial charge in [0, 0.05) is 25.1 Å². The minimum Gasteiger partial charge on any atom is -0.476 e. The molecule has 1 rings (SSSR count). The minimum absolute atomic E-state index is 0.136. The third-order valence-electron chi connectivity index (χ3n) is 2.17. The summed E-state index contributed by atoms with van der Waals surface area (Å²) >= 11 is 1.15. The Labute approximate surface area is 98.5 Å². The molecule has 0 aliphatic carbocycles. The van der Waals surface area contributed by atoms with Crippen LogP contribution in [0.1, 0.15) is 28.8 Å². The molecule has 0 fully saturated rings. The average Bonchev–Trinajstić information content (AvgIpc) is 2.73. The Kier molecular flexibility index (Phi) is 5.37. The lowest BCUT2D eigenvalue weighted by Crippen LogP contribution is -2.32. The average molecular weight is 244 g/mol. The molecular formula is C10H16N2O3S. The van der Waals surface area contributed by atoms with E-state index in [1.165, 1.54) is 0 Å². The highest BCUT2D eigenvalue weighted by atomic mass is 32.1. The van der Waals surface area contributed by atoms with E-state index in [2.05, 4.69) is 17.2 Å². The highest BCUT2D eigenvalue weighted by Crippen LogP contribution is 2.09. The molecule has 0 aromatic carbocycles. The molecule has 1 aromatic heterocycles. The maximum Gasteiger partial charge on any atom is 0.365 e. The largest absolute Gasteiger partial charge is 0.476 e. The topological polar surface area (TPSA) is 71.5 Å². The standard InChI is InChI=1S/C10H16N2O3S/c1-3-7(5-15-2)11-4-8-6-16-9(12-8)10(13)14/h6-7,11H,3-5H2,1-2H3,(H,13,14). The minimum atomic E-state index is -0.972. The Morgan fingerprint density at radius 1 is 1.75 bits per heavy atom. The fourth-order valence-electron chi connectivity index (χ4n) is 1.26. The summed E-state index contributed by atoms with van der Waals surface area (Å²) in [5.41, 5.74) is 0.761. The monoisotopic (exact) mass is 244 g/mol. The zero-order valence-electron chi connectivity index (χ0n) is 9.40. The second kappa shape index (κ2) is 6.57. The van der Waals surface area contributed by atoms with Gasteiger partial charge in [-0.2, -0.15) is 0 Å². The first kappa shape index (κ1) is 13.1. The van der Waals surface area contributed by atoms with Crippen LogP contribution < -0.4 is 5.32 Å². The molecule has 0 aliphatic heterocycles. The lowest BCUT2D eigenvalue weighted by molar-refractivity contribution is 0.0696. The van der Waals surface area contributed by atoms with Crippen molar-refractivity contribution in [3.05, 3.63) is 16.1 Å². The highest BCUT2D eigenvalue weighted by molar-refractivity contribution is 7.11. The van der Waals surface area contributed by atoms with Gasteiger partial charge in [0.1, 0.15) is 0 Å². The van der Waals surface area contributed by atoms with E-state index in [0.29, 0.717) is 13.2 Å². The Bertz CT molecular complexity index is 341. The summed E-state index contributed by atoms with van der Waals surface area (Å²) in [6.45, 7) is 3.29. The maximum absolute atomic E-state index is 10.6. The molecule has 0 amide bonds. The molecule has 0 saturated carbocycles. The molecule has 1 atom stereocenters. The summed E-state index contributed by atoms with van der Waals surface area (Å²) in [5, 5.41) is 13.9. The van der Waals surface area contributed by atoms with E-state index in [9.17, 15) is 4.79 Å². The molecule has 0 radical (unpaired) electrons. The van der Waals surface area contributed by atoms with E-state index >= 15 is 0 Å². The molecule has 90 valence electrons. The Hall–Kier alpha value is -0.980. The van der Waals surface area contributed by atoms with Gasteiger partial charge >= 0.3 is 5.97 Å². The van der Waals surface area contributed by atoms with Gasteiger partial charge in [-0.1, -0.05) is 6.92 Å². The van der Waals surface area contributed by atoms with E-state index in [4.69, 9.17) is 9.84 Å². The number of thiazole rings is 1. The lowest BCUT2D eigenvalue weighted by Gasteiger charge is -2.14. The van der Waals surface area contributed by atoms with Gasteiger partial charge < -0.3 is 15.2 Å². The molecule has 16 heavy (non-hydrogen) atoms. The van der Waals surface area contributed by atoms with Crippen molar-refractivity contribution in [2.45, 2.75) is 25.9 Å². The van der Waals surface area contributed by atoms with Gasteiger partial charge in [-0.25, -0.2) is 9.78 Å². The van der Waals surface area contributed by atoms with Crippen LogP contribution in [0.15, 0.2) is 5.38 Å². The first-order chi connectivity index (χ1) is 7.67. The Balaban J connectivity index is 2.44. The number of methoxy groups -OCH3 is 1. The van der Waals surface area contributed by atoms with Gasteiger partial charge in [-0.15, -0.1) is 11.3 Å². The smallest absolute Gasteiger partial charge is 0.365 e. The summed E-state index contributed by atoms with van der Waals surface area (Å²) in [6, 6.07) is 0.278. The fraction of sp³-hybridized carbons (Fsp3) is 0.600. The summed E-state index contributed by atoms with van der Waals surface area (Å²) in [7, 11) is 1.66. The van der Waals surface area contributed by atoms with E-state index in [-0.39, 0.29) is 11.0 Å². The molecule has 2 N–H and O–H groups in total. The van der Waals surface area contributed by atoms with Crippen LogP contribution in [0.25, 0.3) is 0 Å². The lowest BCUT2D eigenvalue weighted by atomic mass is 10.2. The number of aromatic carboxylic acids is 1. The first-order valence-electron chi connectivity index (χ1n) is 5.07. The van der Waals surface area contributed by atoms with Gasteiger partial charge in [0.25, 0.3) is 0 Å². The number of carboxylic acids is 1. The molecule has 1 heterocycles. The van der Waals surface area contributed by atoms with Crippen molar-refractivity contribution in [3.63, 3.8) is 0 Å². The molecule has 1 unspecified atom stereocenters. The van der Waals surface area contributed by atoms with E-state index in [0.717, 1.165) is 23.5 Å². The number of hydrogen-bond acceptors (Lipinski definition) is 5. The number of nitrogens with zero attached hydrogens (tertiary/aromatic N) is 1. The zero-order valence-corrected chi connectivity index (χ0v) is 10.2. The van der Waals surface area contributed by atoms with E-state index in [1.807, 2.05) is 0 Å². The van der Waals surface area contributed by atoms with Crippen LogP contribution in [-0.2, 0) is 11.3 Å². The van der Waals surface area contributed by atoms with Crippen LogP contribution in [0.2, 0.25) is 0 Å². The number of carboxylic acid groups (broad SMARTS) is 1. The van der Waals surface area contributed by atoms with Gasteiger partial charge in [-0.05, 0) is 6.42 Å². The number of carbonyl (C=O) groups is 1. The summed E-state index contributed by atoms with van der Waals surface area (Å²) in [5.74, 6) is -0.972. The van der Waals surface area contributed by atoms with Gasteiger partial charge in [0.15, 0.2) is 0 Å². The summed E-state index contributed by atoms with van der Waals surface area (Å²) in [4.78, 5) is 14.6. The maximum atomic E-state index is 10.6. The van der Waals surface area contributed by atoms with Crippen molar-refractivity contribution in [1.82, 2.24) is 10.3 Å². The molecule has 0 aliphatic rings. The first-order valence-corrected chi connectivity index (χ1v) is 5.95. The SMILES string of the molecule is CCC(COC)NCc1csc(C(=O)O)n1. The van der Waals surface area contributed by atoms with Crippen LogP contribution in [-0.4, -0.2) is 35.8 Å². The number of ether oxygens (including phenoxy) is 1. The number of rotatable bonds is 7. The molecule has 5 nitrogen and oxygen atoms in total. The fourth-order valence-corrected chi connectivity index (χ4v) is 1.91. The van der Waals surface area contributed by atoms with Crippen molar-refractivity contribution >= 4 is 17.3 Å². The van der Waals surface area contributed by atoms with Crippen LogP contribution in [0.4, 0.5) is 0 Å². The molecule has 1 aromatic rings. The molecular weight excluding hydrogens is 228 g/mol. The third-order valence-corrected chi connectivity index (χ3v) is 3.05. The van der Waals surface area contributed by atoms with E-state index < -0.39 is 5.97 Å². The van der Waals surface area contributed by atoms with Crippen molar-refractivity contribution in [2.24, 2.45) is 0 Å². The molecule has 0 spiro atoms. The summed E-state index contributed by atoms with van der Waals surface area (Å²) < 4.78 is 5.05. The predicted molar refractivity (Wildman–Crippen MR) is 61.9 cm³/mol. The quantitative estimate of drug-likeness (QED) is 0.757. The molecule has 6 heteroatoms.